The molecule has 0 aromatic carbocycles. The first-order valence-electron chi connectivity index (χ1n) is 11.8. The molecule has 0 aliphatic carbocycles. The lowest BCUT2D eigenvalue weighted by Crippen LogP contribution is -2.25. The van der Waals surface area contributed by atoms with Gasteiger partial charge in [0.2, 0.25) is 5.69 Å². The first-order chi connectivity index (χ1) is 14.6. The Morgan fingerprint density at radius 3 is 2.03 bits per heavy atom. The average molecular weight is 483 g/mol. The maximum absolute atomic E-state index is 11.9. The van der Waals surface area contributed by atoms with E-state index in [1.807, 2.05) is 0 Å². The minimum absolute atomic E-state index is 0.158. The quantitative estimate of drug-likeness (QED) is 0.105. The van der Waals surface area contributed by atoms with E-state index in [9.17, 15) is 4.79 Å². The molecular formula is C22H43O5PS2. The molecule has 2 atom stereocenters. The van der Waals surface area contributed by atoms with Gasteiger partial charge in [0.05, 0.1) is 13.2 Å². The Kier molecular flexibility index (Phi) is 17.9. The summed E-state index contributed by atoms with van der Waals surface area (Å²) in [5.74, 6) is 0.720. The molecule has 1 rings (SSSR count). The van der Waals surface area contributed by atoms with Crippen LogP contribution in [-0.4, -0.2) is 44.8 Å². The van der Waals surface area contributed by atoms with Crippen molar-refractivity contribution in [2.45, 2.75) is 103 Å². The third-order valence-corrected chi connectivity index (χ3v) is 10.6. The number of methoxy groups -OCH3 is 1. The molecule has 5 nitrogen and oxygen atoms in total. The molecule has 8 heteroatoms. The van der Waals surface area contributed by atoms with Crippen molar-refractivity contribution >= 4 is 34.9 Å². The van der Waals surface area contributed by atoms with Crippen LogP contribution in [0.15, 0.2) is 0 Å². The standard InChI is InChI=1S/C22H43O5PS2/c1-3-4-5-6-7-8-9-10-11-12-13-14-15-16-22(23)25-19-21(24-2)20-27-28(29)26-17-18-30-28/h21H,3-20H2,1-2H3. The number of esters is 1. The third-order valence-electron chi connectivity index (χ3n) is 5.25. The van der Waals surface area contributed by atoms with Crippen molar-refractivity contribution in [2.24, 2.45) is 0 Å². The van der Waals surface area contributed by atoms with Crippen LogP contribution in [0.3, 0.4) is 0 Å². The van der Waals surface area contributed by atoms with Gasteiger partial charge in [-0.05, 0) is 18.2 Å². The molecule has 0 bridgehead atoms. The second-order valence-electron chi connectivity index (χ2n) is 7.94. The van der Waals surface area contributed by atoms with Crippen molar-refractivity contribution in [2.75, 3.05) is 32.7 Å². The van der Waals surface area contributed by atoms with Gasteiger partial charge in [0, 0.05) is 19.3 Å². The zero-order valence-corrected chi connectivity index (χ0v) is 21.6. The predicted octanol–water partition coefficient (Wildman–Crippen LogP) is 7.03. The van der Waals surface area contributed by atoms with Gasteiger partial charge in [0.1, 0.15) is 12.7 Å². The fourth-order valence-corrected chi connectivity index (χ4v) is 7.53. The Balaban J connectivity index is 1.90. The molecule has 30 heavy (non-hydrogen) atoms. The molecule has 1 aliphatic heterocycles. The maximum atomic E-state index is 11.9. The van der Waals surface area contributed by atoms with Crippen molar-refractivity contribution in [3.8, 4) is 0 Å². The van der Waals surface area contributed by atoms with Crippen molar-refractivity contribution in [1.82, 2.24) is 0 Å². The molecule has 0 N–H and O–H groups in total. The lowest BCUT2D eigenvalue weighted by atomic mass is 10.0. The predicted molar refractivity (Wildman–Crippen MR) is 131 cm³/mol. The second-order valence-corrected chi connectivity index (χ2v) is 14.4. The fourth-order valence-electron chi connectivity index (χ4n) is 3.31. The van der Waals surface area contributed by atoms with Crippen LogP contribution >= 0.6 is 17.1 Å². The summed E-state index contributed by atoms with van der Waals surface area (Å²) < 4.78 is 21.9. The van der Waals surface area contributed by atoms with Crippen molar-refractivity contribution in [3.63, 3.8) is 0 Å². The summed E-state index contributed by atoms with van der Waals surface area (Å²) in [5, 5.41) is 0. The van der Waals surface area contributed by atoms with Gasteiger partial charge in [0.15, 0.2) is 0 Å². The average Bonchev–Trinajstić information content (AvgIpc) is 3.18. The lowest BCUT2D eigenvalue weighted by Gasteiger charge is -2.19. The molecule has 0 aromatic heterocycles. The molecule has 0 saturated carbocycles. The number of rotatable bonds is 20. The SMILES string of the molecule is CCCCCCCCCCCCCCCC(=O)OCC(COP1(=S)OCCS1)OC. The normalized spacial score (nSPS) is 19.8. The summed E-state index contributed by atoms with van der Waals surface area (Å²) >= 11 is 6.94. The minimum Gasteiger partial charge on any atom is -0.463 e. The van der Waals surface area contributed by atoms with Gasteiger partial charge in [-0.3, -0.25) is 4.79 Å². The van der Waals surface area contributed by atoms with Gasteiger partial charge in [-0.15, -0.1) is 0 Å². The van der Waals surface area contributed by atoms with E-state index in [1.165, 1.54) is 70.6 Å². The van der Waals surface area contributed by atoms with Gasteiger partial charge in [-0.1, -0.05) is 95.4 Å². The van der Waals surface area contributed by atoms with Crippen LogP contribution in [0.4, 0.5) is 0 Å². The number of carbonyl (C=O) groups excluding carboxylic acids is 1. The Morgan fingerprint density at radius 1 is 0.967 bits per heavy atom. The molecule has 1 heterocycles. The van der Waals surface area contributed by atoms with E-state index in [2.05, 4.69) is 6.92 Å². The van der Waals surface area contributed by atoms with Crippen LogP contribution in [0.2, 0.25) is 0 Å². The summed E-state index contributed by atoms with van der Waals surface area (Å²) in [5.41, 5.74) is -2.20. The summed E-state index contributed by atoms with van der Waals surface area (Å²) in [7, 11) is 1.59. The van der Waals surface area contributed by atoms with E-state index in [-0.39, 0.29) is 18.7 Å². The molecule has 0 aromatic rings. The summed E-state index contributed by atoms with van der Waals surface area (Å²) in [6.07, 6.45) is 17.0. The zero-order valence-electron chi connectivity index (χ0n) is 19.1. The number of unbranched alkanes of at least 4 members (excludes halogenated alkanes) is 12. The van der Waals surface area contributed by atoms with Crippen molar-refractivity contribution in [1.29, 1.82) is 0 Å². The molecule has 1 aliphatic rings. The molecule has 0 radical (unpaired) electrons. The third kappa shape index (κ3) is 15.2. The van der Waals surface area contributed by atoms with Crippen LogP contribution in [0, 0.1) is 0 Å². The highest BCUT2D eigenvalue weighted by Gasteiger charge is 2.27. The second kappa shape index (κ2) is 18.9. The maximum Gasteiger partial charge on any atom is 0.305 e. The Bertz CT molecular complexity index is 468. The van der Waals surface area contributed by atoms with E-state index in [1.54, 1.807) is 18.5 Å². The highest BCUT2D eigenvalue weighted by Crippen LogP contribution is 2.64. The van der Waals surface area contributed by atoms with E-state index in [0.717, 1.165) is 18.6 Å². The highest BCUT2D eigenvalue weighted by molar-refractivity contribution is 8.68. The molecule has 0 amide bonds. The number of carbonyl (C=O) groups is 1. The Hall–Kier alpha value is 0.350. The lowest BCUT2D eigenvalue weighted by molar-refractivity contribution is -0.148. The number of hydrogen-bond donors (Lipinski definition) is 0. The Labute approximate surface area is 193 Å². The number of hydrogen-bond acceptors (Lipinski definition) is 7. The van der Waals surface area contributed by atoms with Crippen molar-refractivity contribution < 1.29 is 23.3 Å². The van der Waals surface area contributed by atoms with Crippen molar-refractivity contribution in [3.05, 3.63) is 0 Å². The van der Waals surface area contributed by atoms with Crippen LogP contribution in [0.1, 0.15) is 96.8 Å². The summed E-state index contributed by atoms with van der Waals surface area (Å²) in [6.45, 7) is 3.41. The van der Waals surface area contributed by atoms with Gasteiger partial charge in [-0.25, -0.2) is 0 Å². The smallest absolute Gasteiger partial charge is 0.305 e. The van der Waals surface area contributed by atoms with Gasteiger partial charge in [0.25, 0.3) is 0 Å². The van der Waals surface area contributed by atoms with Gasteiger partial charge >= 0.3 is 5.97 Å². The molecule has 0 spiro atoms. The van der Waals surface area contributed by atoms with Crippen LogP contribution in [-0.2, 0) is 35.1 Å². The molecule has 1 saturated heterocycles. The topological polar surface area (TPSA) is 54.0 Å². The van der Waals surface area contributed by atoms with E-state index in [0.29, 0.717) is 19.6 Å². The molecule has 178 valence electrons. The monoisotopic (exact) mass is 482 g/mol. The molecule has 1 fully saturated rings. The van der Waals surface area contributed by atoms with Crippen LogP contribution < -0.4 is 0 Å². The van der Waals surface area contributed by atoms with E-state index < -0.39 is 5.69 Å². The number of ether oxygens (including phenoxy) is 2. The van der Waals surface area contributed by atoms with Gasteiger partial charge in [-0.2, -0.15) is 0 Å². The summed E-state index contributed by atoms with van der Waals surface area (Å²) in [6, 6.07) is 0. The highest BCUT2D eigenvalue weighted by atomic mass is 32.9. The van der Waals surface area contributed by atoms with E-state index in [4.69, 9.17) is 30.3 Å². The Morgan fingerprint density at radius 2 is 1.53 bits per heavy atom. The fraction of sp³-hybridized carbons (Fsp3) is 0.955. The van der Waals surface area contributed by atoms with E-state index >= 15 is 0 Å². The summed E-state index contributed by atoms with van der Waals surface area (Å²) in [4.78, 5) is 11.9. The van der Waals surface area contributed by atoms with Crippen LogP contribution in [0.5, 0.6) is 0 Å². The molecule has 2 unspecified atom stereocenters. The zero-order chi connectivity index (χ0) is 21.9. The van der Waals surface area contributed by atoms with Gasteiger partial charge < -0.3 is 18.5 Å². The molecular weight excluding hydrogens is 439 g/mol. The van der Waals surface area contributed by atoms with Crippen LogP contribution in [0.25, 0.3) is 0 Å². The first-order valence-corrected chi connectivity index (χ1v) is 16.0. The first kappa shape index (κ1) is 28.4. The largest absolute Gasteiger partial charge is 0.463 e. The minimum atomic E-state index is -2.20.